The molecular weight excluding hydrogens is 348 g/mol. The number of Topliss-reactive ketones (excluding diaryl/α,β-unsaturated/α-hetero) is 1. The first-order chi connectivity index (χ1) is 12.5. The Morgan fingerprint density at radius 2 is 1.81 bits per heavy atom. The monoisotopic (exact) mass is 370 g/mol. The second-order valence-electron chi connectivity index (χ2n) is 7.32. The number of carbonyl (C=O) groups excluding carboxylic acids is 1. The van der Waals surface area contributed by atoms with Crippen LogP contribution in [0.2, 0.25) is 5.02 Å². The SMILES string of the molecule is Cc1nc(N2CCN(c3cccc(Cl)c3)CC2)nc2c1C(=O)C[C@@H](C)C2. The third kappa shape index (κ3) is 3.28. The number of fused-ring (bicyclic) bond motifs is 1. The highest BCUT2D eigenvalue weighted by Crippen LogP contribution is 2.28. The van der Waals surface area contributed by atoms with Crippen molar-refractivity contribution in [2.75, 3.05) is 36.0 Å². The lowest BCUT2D eigenvalue weighted by Gasteiger charge is -2.36. The number of piperazine rings is 1. The maximum Gasteiger partial charge on any atom is 0.225 e. The first-order valence-electron chi connectivity index (χ1n) is 9.17. The summed E-state index contributed by atoms with van der Waals surface area (Å²) in [5.41, 5.74) is 3.65. The van der Waals surface area contributed by atoms with Gasteiger partial charge in [0.2, 0.25) is 5.95 Å². The molecule has 4 rings (SSSR count). The molecule has 1 aliphatic heterocycles. The number of benzene rings is 1. The van der Waals surface area contributed by atoms with E-state index in [0.29, 0.717) is 12.3 Å². The normalized spacial score (nSPS) is 20.3. The number of carbonyl (C=O) groups is 1. The molecular formula is C20H23ClN4O. The summed E-state index contributed by atoms with van der Waals surface area (Å²) in [6.07, 6.45) is 1.47. The van der Waals surface area contributed by atoms with Crippen LogP contribution in [0.5, 0.6) is 0 Å². The van der Waals surface area contributed by atoms with Crippen LogP contribution in [0.1, 0.15) is 35.1 Å². The predicted octanol–water partition coefficient (Wildman–Crippen LogP) is 3.53. The van der Waals surface area contributed by atoms with E-state index in [1.54, 1.807) is 0 Å². The van der Waals surface area contributed by atoms with Crippen LogP contribution >= 0.6 is 11.6 Å². The second kappa shape index (κ2) is 6.88. The van der Waals surface area contributed by atoms with Gasteiger partial charge in [-0.1, -0.05) is 24.6 Å². The molecule has 1 aromatic carbocycles. The average Bonchev–Trinajstić information content (AvgIpc) is 2.61. The van der Waals surface area contributed by atoms with E-state index in [0.717, 1.165) is 66.2 Å². The number of rotatable bonds is 2. The lowest BCUT2D eigenvalue weighted by molar-refractivity contribution is 0.0951. The smallest absolute Gasteiger partial charge is 0.225 e. The van der Waals surface area contributed by atoms with Crippen LogP contribution in [0.4, 0.5) is 11.6 Å². The van der Waals surface area contributed by atoms with Crippen molar-refractivity contribution in [2.45, 2.75) is 26.7 Å². The number of hydrogen-bond donors (Lipinski definition) is 0. The van der Waals surface area contributed by atoms with Gasteiger partial charge in [-0.25, -0.2) is 9.97 Å². The molecule has 0 unspecified atom stereocenters. The van der Waals surface area contributed by atoms with Crippen LogP contribution in [0.15, 0.2) is 24.3 Å². The van der Waals surface area contributed by atoms with Gasteiger partial charge < -0.3 is 9.80 Å². The molecule has 0 saturated carbocycles. The van der Waals surface area contributed by atoms with Gasteiger partial charge in [-0.15, -0.1) is 0 Å². The van der Waals surface area contributed by atoms with E-state index in [2.05, 4.69) is 27.8 Å². The Kier molecular flexibility index (Phi) is 4.57. The Labute approximate surface area is 159 Å². The lowest BCUT2D eigenvalue weighted by Crippen LogP contribution is -2.47. The van der Waals surface area contributed by atoms with Crippen LogP contribution in [-0.2, 0) is 6.42 Å². The van der Waals surface area contributed by atoms with Crippen molar-refractivity contribution in [2.24, 2.45) is 5.92 Å². The van der Waals surface area contributed by atoms with Crippen molar-refractivity contribution in [1.29, 1.82) is 0 Å². The zero-order valence-corrected chi connectivity index (χ0v) is 16.0. The number of aryl methyl sites for hydroxylation is 1. The highest BCUT2D eigenvalue weighted by atomic mass is 35.5. The average molecular weight is 371 g/mol. The minimum absolute atomic E-state index is 0.188. The fourth-order valence-electron chi connectivity index (χ4n) is 3.93. The van der Waals surface area contributed by atoms with E-state index in [4.69, 9.17) is 16.6 Å². The molecule has 0 amide bonds. The topological polar surface area (TPSA) is 49.3 Å². The molecule has 1 aliphatic carbocycles. The fraction of sp³-hybridized carbons (Fsp3) is 0.450. The van der Waals surface area contributed by atoms with Gasteiger partial charge in [0.1, 0.15) is 0 Å². The molecule has 1 atom stereocenters. The molecule has 1 saturated heterocycles. The van der Waals surface area contributed by atoms with Crippen molar-refractivity contribution < 1.29 is 4.79 Å². The van der Waals surface area contributed by atoms with E-state index in [-0.39, 0.29) is 5.78 Å². The molecule has 2 aliphatic rings. The third-order valence-corrected chi connectivity index (χ3v) is 5.48. The fourth-order valence-corrected chi connectivity index (χ4v) is 4.11. The summed E-state index contributed by atoms with van der Waals surface area (Å²) in [7, 11) is 0. The van der Waals surface area contributed by atoms with Crippen molar-refractivity contribution in [3.8, 4) is 0 Å². The summed E-state index contributed by atoms with van der Waals surface area (Å²) in [5.74, 6) is 1.30. The largest absolute Gasteiger partial charge is 0.368 e. The summed E-state index contributed by atoms with van der Waals surface area (Å²) >= 11 is 6.11. The van der Waals surface area contributed by atoms with Gasteiger partial charge in [-0.05, 0) is 37.5 Å². The van der Waals surface area contributed by atoms with E-state index in [1.165, 1.54) is 0 Å². The number of aromatic nitrogens is 2. The molecule has 1 fully saturated rings. The summed E-state index contributed by atoms with van der Waals surface area (Å²) in [6, 6.07) is 7.98. The molecule has 26 heavy (non-hydrogen) atoms. The Bertz CT molecular complexity index is 846. The summed E-state index contributed by atoms with van der Waals surface area (Å²) in [5, 5.41) is 0.761. The van der Waals surface area contributed by atoms with E-state index in [1.807, 2.05) is 25.1 Å². The van der Waals surface area contributed by atoms with Gasteiger partial charge in [-0.2, -0.15) is 0 Å². The maximum absolute atomic E-state index is 12.3. The lowest BCUT2D eigenvalue weighted by atomic mass is 9.86. The standard InChI is InChI=1S/C20H23ClN4O/c1-13-10-17-19(18(26)11-13)14(2)22-20(23-17)25-8-6-24(7-9-25)16-5-3-4-15(21)12-16/h3-5,12-13H,6-11H2,1-2H3/t13-/m0/s1. The highest BCUT2D eigenvalue weighted by Gasteiger charge is 2.28. The van der Waals surface area contributed by atoms with Crippen LogP contribution in [0, 0.1) is 12.8 Å². The predicted molar refractivity (Wildman–Crippen MR) is 104 cm³/mol. The van der Waals surface area contributed by atoms with E-state index in [9.17, 15) is 4.79 Å². The minimum atomic E-state index is 0.188. The van der Waals surface area contributed by atoms with E-state index >= 15 is 0 Å². The van der Waals surface area contributed by atoms with Gasteiger partial charge in [0, 0.05) is 43.3 Å². The highest BCUT2D eigenvalue weighted by molar-refractivity contribution is 6.30. The summed E-state index contributed by atoms with van der Waals surface area (Å²) < 4.78 is 0. The van der Waals surface area contributed by atoms with Gasteiger partial charge in [0.05, 0.1) is 17.0 Å². The van der Waals surface area contributed by atoms with Gasteiger partial charge in [-0.3, -0.25) is 4.79 Å². The Morgan fingerprint density at radius 3 is 2.54 bits per heavy atom. The van der Waals surface area contributed by atoms with E-state index < -0.39 is 0 Å². The number of halogens is 1. The van der Waals surface area contributed by atoms with Gasteiger partial charge in [0.15, 0.2) is 5.78 Å². The number of nitrogens with zero attached hydrogens (tertiary/aromatic N) is 4. The van der Waals surface area contributed by atoms with Gasteiger partial charge in [0.25, 0.3) is 0 Å². The molecule has 0 spiro atoms. The molecule has 0 bridgehead atoms. The van der Waals surface area contributed by atoms with Crippen molar-refractivity contribution in [3.63, 3.8) is 0 Å². The van der Waals surface area contributed by atoms with Crippen molar-refractivity contribution in [1.82, 2.24) is 9.97 Å². The molecule has 0 radical (unpaired) electrons. The van der Waals surface area contributed by atoms with Crippen LogP contribution < -0.4 is 9.80 Å². The Morgan fingerprint density at radius 1 is 1.08 bits per heavy atom. The quantitative estimate of drug-likeness (QED) is 0.809. The van der Waals surface area contributed by atoms with Crippen molar-refractivity contribution in [3.05, 3.63) is 46.2 Å². The summed E-state index contributed by atoms with van der Waals surface area (Å²) in [4.78, 5) is 26.3. The minimum Gasteiger partial charge on any atom is -0.368 e. The van der Waals surface area contributed by atoms with Crippen LogP contribution in [0.25, 0.3) is 0 Å². The molecule has 6 heteroatoms. The third-order valence-electron chi connectivity index (χ3n) is 5.24. The zero-order valence-electron chi connectivity index (χ0n) is 15.2. The second-order valence-corrected chi connectivity index (χ2v) is 7.76. The molecule has 1 aromatic heterocycles. The number of ketones is 1. The first kappa shape index (κ1) is 17.3. The molecule has 5 nitrogen and oxygen atoms in total. The molecule has 0 N–H and O–H groups in total. The molecule has 2 aromatic rings. The number of anilines is 2. The van der Waals surface area contributed by atoms with Gasteiger partial charge >= 0.3 is 0 Å². The van der Waals surface area contributed by atoms with Crippen molar-refractivity contribution >= 4 is 29.0 Å². The Hall–Kier alpha value is -2.14. The molecule has 2 heterocycles. The Balaban J connectivity index is 1.52. The van der Waals surface area contributed by atoms with Crippen LogP contribution in [0.3, 0.4) is 0 Å². The first-order valence-corrected chi connectivity index (χ1v) is 9.55. The number of hydrogen-bond acceptors (Lipinski definition) is 5. The maximum atomic E-state index is 12.3. The molecule has 136 valence electrons. The zero-order chi connectivity index (χ0) is 18.3. The summed E-state index contributed by atoms with van der Waals surface area (Å²) in [6.45, 7) is 7.55. The van der Waals surface area contributed by atoms with Crippen LogP contribution in [-0.4, -0.2) is 41.9 Å².